The Kier molecular flexibility index (Phi) is 5.80. The largest absolute Gasteiger partial charge is 0.481 e. The SMILES string of the molecule is C#CC(O)(c1ccc2nc(OC)c(Cc3ccc(C(F)(F)F)cc3)c(Cl)c2c1)C1CNC1. The van der Waals surface area contributed by atoms with Gasteiger partial charge in [-0.15, -0.1) is 6.42 Å². The number of benzene rings is 2. The van der Waals surface area contributed by atoms with E-state index in [0.717, 1.165) is 12.1 Å². The highest BCUT2D eigenvalue weighted by atomic mass is 35.5. The van der Waals surface area contributed by atoms with Gasteiger partial charge in [0.2, 0.25) is 5.88 Å². The van der Waals surface area contributed by atoms with Gasteiger partial charge in [0, 0.05) is 36.4 Å². The van der Waals surface area contributed by atoms with Gasteiger partial charge < -0.3 is 15.2 Å². The summed E-state index contributed by atoms with van der Waals surface area (Å²) in [6.45, 7) is 1.21. The number of nitrogens with zero attached hydrogens (tertiary/aromatic N) is 1. The Balaban J connectivity index is 1.77. The summed E-state index contributed by atoms with van der Waals surface area (Å²) in [5, 5.41) is 15.1. The average Bonchev–Trinajstić information content (AvgIpc) is 2.73. The van der Waals surface area contributed by atoms with Crippen LogP contribution in [0.1, 0.15) is 22.3 Å². The summed E-state index contributed by atoms with van der Waals surface area (Å²) in [7, 11) is 1.45. The van der Waals surface area contributed by atoms with Crippen LogP contribution in [0.15, 0.2) is 42.5 Å². The number of alkyl halides is 3. The highest BCUT2D eigenvalue weighted by molar-refractivity contribution is 6.36. The molecule has 1 aromatic heterocycles. The van der Waals surface area contributed by atoms with Gasteiger partial charge in [0.05, 0.1) is 23.2 Å². The molecule has 32 heavy (non-hydrogen) atoms. The molecular formula is C24H20ClF3N2O2. The Hall–Kier alpha value is -2.79. The number of hydrogen-bond acceptors (Lipinski definition) is 4. The van der Waals surface area contributed by atoms with Crippen molar-refractivity contribution >= 4 is 22.5 Å². The second kappa shape index (κ2) is 8.28. The maximum absolute atomic E-state index is 12.9. The first-order valence-corrected chi connectivity index (χ1v) is 10.3. The first-order chi connectivity index (χ1) is 15.2. The van der Waals surface area contributed by atoms with E-state index in [4.69, 9.17) is 22.8 Å². The van der Waals surface area contributed by atoms with Crippen LogP contribution in [0.4, 0.5) is 13.2 Å². The number of fused-ring (bicyclic) bond motifs is 1. The summed E-state index contributed by atoms with van der Waals surface area (Å²) in [5.74, 6) is 2.67. The topological polar surface area (TPSA) is 54.4 Å². The van der Waals surface area contributed by atoms with Crippen molar-refractivity contribution in [2.45, 2.75) is 18.2 Å². The van der Waals surface area contributed by atoms with E-state index in [-0.39, 0.29) is 18.2 Å². The molecule has 0 amide bonds. The van der Waals surface area contributed by atoms with Crippen LogP contribution in [-0.2, 0) is 18.2 Å². The van der Waals surface area contributed by atoms with Crippen molar-refractivity contribution < 1.29 is 23.0 Å². The summed E-state index contributed by atoms with van der Waals surface area (Å²) in [4.78, 5) is 4.50. The molecule has 4 rings (SSSR count). The number of methoxy groups -OCH3 is 1. The number of rotatable bonds is 5. The third-order valence-corrected chi connectivity index (χ3v) is 6.30. The van der Waals surface area contributed by atoms with E-state index < -0.39 is 17.3 Å². The number of nitrogens with one attached hydrogen (secondary N) is 1. The lowest BCUT2D eigenvalue weighted by molar-refractivity contribution is -0.137. The van der Waals surface area contributed by atoms with E-state index in [9.17, 15) is 18.3 Å². The number of aliphatic hydroxyl groups is 1. The first-order valence-electron chi connectivity index (χ1n) is 9.91. The van der Waals surface area contributed by atoms with Crippen LogP contribution >= 0.6 is 11.6 Å². The molecule has 3 aromatic rings. The lowest BCUT2D eigenvalue weighted by atomic mass is 9.78. The van der Waals surface area contributed by atoms with Crippen molar-refractivity contribution in [1.29, 1.82) is 0 Å². The second-order valence-corrected chi connectivity index (χ2v) is 8.16. The number of ether oxygens (including phenoxy) is 1. The molecule has 2 N–H and O–H groups in total. The van der Waals surface area contributed by atoms with Crippen molar-refractivity contribution in [2.24, 2.45) is 5.92 Å². The first kappa shape index (κ1) is 22.4. The molecule has 2 aromatic carbocycles. The predicted octanol–water partition coefficient (Wildman–Crippen LogP) is 4.55. The van der Waals surface area contributed by atoms with Gasteiger partial charge in [-0.1, -0.05) is 35.7 Å². The zero-order valence-electron chi connectivity index (χ0n) is 17.1. The molecule has 0 aliphatic carbocycles. The van der Waals surface area contributed by atoms with Crippen LogP contribution in [-0.4, -0.2) is 30.3 Å². The van der Waals surface area contributed by atoms with E-state index >= 15 is 0 Å². The Morgan fingerprint density at radius 2 is 1.84 bits per heavy atom. The van der Waals surface area contributed by atoms with Crippen molar-refractivity contribution in [2.75, 3.05) is 20.2 Å². The molecule has 1 aliphatic rings. The minimum atomic E-state index is -4.40. The highest BCUT2D eigenvalue weighted by Gasteiger charge is 2.40. The number of terminal acetylenes is 1. The molecule has 1 unspecified atom stereocenters. The molecule has 1 aliphatic heterocycles. The third-order valence-electron chi connectivity index (χ3n) is 5.87. The van der Waals surface area contributed by atoms with Gasteiger partial charge in [0.15, 0.2) is 5.60 Å². The van der Waals surface area contributed by atoms with Crippen LogP contribution in [0.2, 0.25) is 5.02 Å². The van der Waals surface area contributed by atoms with Gasteiger partial charge in [-0.2, -0.15) is 13.2 Å². The maximum atomic E-state index is 12.9. The fourth-order valence-electron chi connectivity index (χ4n) is 3.84. The Bertz CT molecular complexity index is 1200. The lowest BCUT2D eigenvalue weighted by Crippen LogP contribution is -2.53. The highest BCUT2D eigenvalue weighted by Crippen LogP contribution is 2.38. The Labute approximate surface area is 188 Å². The van der Waals surface area contributed by atoms with Crippen LogP contribution in [0.5, 0.6) is 5.88 Å². The minimum absolute atomic E-state index is 0.124. The minimum Gasteiger partial charge on any atom is -0.481 e. The summed E-state index contributed by atoms with van der Waals surface area (Å²) in [6.07, 6.45) is 1.49. The van der Waals surface area contributed by atoms with E-state index in [2.05, 4.69) is 16.2 Å². The van der Waals surface area contributed by atoms with Gasteiger partial charge in [0.25, 0.3) is 0 Å². The Morgan fingerprint density at radius 3 is 2.38 bits per heavy atom. The number of hydrogen-bond donors (Lipinski definition) is 2. The standard InChI is InChI=1S/C24H20ClF3N2O2/c1-3-23(31,17-12-29-13-17)16-8-9-20-18(11-16)21(25)19(22(30-20)32-2)10-14-4-6-15(7-5-14)24(26,27)28/h1,4-9,11,17,29,31H,10,12-13H2,2H3. The smallest absolute Gasteiger partial charge is 0.416 e. The summed E-state index contributed by atoms with van der Waals surface area (Å²) < 4.78 is 44.0. The molecule has 2 heterocycles. The Morgan fingerprint density at radius 1 is 1.19 bits per heavy atom. The summed E-state index contributed by atoms with van der Waals surface area (Å²) >= 11 is 6.73. The lowest BCUT2D eigenvalue weighted by Gasteiger charge is -2.39. The van der Waals surface area contributed by atoms with Crippen molar-refractivity contribution in [1.82, 2.24) is 10.3 Å². The summed E-state index contributed by atoms with van der Waals surface area (Å²) in [6, 6.07) is 10.0. The van der Waals surface area contributed by atoms with Crippen molar-refractivity contribution in [3.63, 3.8) is 0 Å². The molecule has 0 radical (unpaired) electrons. The van der Waals surface area contributed by atoms with Crippen molar-refractivity contribution in [3.8, 4) is 18.2 Å². The van der Waals surface area contributed by atoms with Gasteiger partial charge in [0.1, 0.15) is 0 Å². The number of halogens is 4. The molecule has 166 valence electrons. The molecular weight excluding hydrogens is 441 g/mol. The second-order valence-electron chi connectivity index (χ2n) is 7.78. The van der Waals surface area contributed by atoms with Crippen LogP contribution in [0.25, 0.3) is 10.9 Å². The van der Waals surface area contributed by atoms with E-state index in [1.54, 1.807) is 18.2 Å². The van der Waals surface area contributed by atoms with Gasteiger partial charge in [-0.3, -0.25) is 0 Å². The fourth-order valence-corrected chi connectivity index (χ4v) is 4.14. The molecule has 1 atom stereocenters. The maximum Gasteiger partial charge on any atom is 0.416 e. The molecule has 0 saturated carbocycles. The van der Waals surface area contributed by atoms with Gasteiger partial charge >= 0.3 is 6.18 Å². The van der Waals surface area contributed by atoms with Crippen LogP contribution in [0, 0.1) is 18.3 Å². The molecule has 4 nitrogen and oxygen atoms in total. The van der Waals surface area contributed by atoms with E-state index in [1.165, 1.54) is 19.2 Å². The molecule has 1 saturated heterocycles. The quantitative estimate of drug-likeness (QED) is 0.549. The number of pyridine rings is 1. The summed E-state index contributed by atoms with van der Waals surface area (Å²) in [5.41, 5.74) is 0.0752. The van der Waals surface area contributed by atoms with E-state index in [0.29, 0.717) is 45.7 Å². The van der Waals surface area contributed by atoms with Gasteiger partial charge in [-0.05, 0) is 35.4 Å². The van der Waals surface area contributed by atoms with E-state index in [1.807, 2.05) is 0 Å². The normalized spacial score (nSPS) is 16.3. The van der Waals surface area contributed by atoms with Crippen LogP contribution < -0.4 is 10.1 Å². The number of aromatic nitrogens is 1. The van der Waals surface area contributed by atoms with Crippen LogP contribution in [0.3, 0.4) is 0 Å². The monoisotopic (exact) mass is 460 g/mol. The third kappa shape index (κ3) is 3.90. The fraction of sp³-hybridized carbons (Fsp3) is 0.292. The molecule has 0 bridgehead atoms. The van der Waals surface area contributed by atoms with Crippen molar-refractivity contribution in [3.05, 3.63) is 69.7 Å². The molecule has 8 heteroatoms. The van der Waals surface area contributed by atoms with Gasteiger partial charge in [-0.25, -0.2) is 4.98 Å². The zero-order chi connectivity index (χ0) is 23.1. The zero-order valence-corrected chi connectivity index (χ0v) is 17.9. The average molecular weight is 461 g/mol. The predicted molar refractivity (Wildman–Crippen MR) is 117 cm³/mol. The molecule has 0 spiro atoms. The molecule has 1 fully saturated rings.